The van der Waals surface area contributed by atoms with E-state index in [0.29, 0.717) is 37.5 Å². The topological polar surface area (TPSA) is 18.0 Å². The van der Waals surface area contributed by atoms with Crippen LogP contribution in [0.25, 0.3) is 0 Å². The van der Waals surface area contributed by atoms with Crippen LogP contribution < -0.4 is 17.0 Å². The quantitative estimate of drug-likeness (QED) is 0.110. The number of alkyl halides is 1. The summed E-state index contributed by atoms with van der Waals surface area (Å²) in [6.07, 6.45) is 5.75. The van der Waals surface area contributed by atoms with Gasteiger partial charge in [0, 0.05) is 47.7 Å². The van der Waals surface area contributed by atoms with Crippen molar-refractivity contribution >= 4 is 69.6 Å². The smallest absolute Gasteiger partial charge is 0.244 e. The Kier molecular flexibility index (Phi) is 11.9. The predicted molar refractivity (Wildman–Crippen MR) is 170 cm³/mol. The Morgan fingerprint density at radius 1 is 0.714 bits per heavy atom. The van der Waals surface area contributed by atoms with E-state index in [1.54, 1.807) is 12.1 Å². The second kappa shape index (κ2) is 15.2. The van der Waals surface area contributed by atoms with Crippen LogP contribution in [0, 0.1) is 0 Å². The molecule has 0 bridgehead atoms. The van der Waals surface area contributed by atoms with Gasteiger partial charge < -0.3 is 17.1 Å². The van der Waals surface area contributed by atoms with Gasteiger partial charge in [-0.3, -0.25) is 0 Å². The van der Waals surface area contributed by atoms with Gasteiger partial charge in [0.25, 0.3) is 0 Å². The van der Waals surface area contributed by atoms with Gasteiger partial charge in [0.05, 0.1) is 6.61 Å². The lowest BCUT2D eigenvalue weighted by Crippen LogP contribution is -3.00. The third-order valence-electron chi connectivity index (χ3n) is 6.78. The highest BCUT2D eigenvalue weighted by Crippen LogP contribution is 2.31. The van der Waals surface area contributed by atoms with Crippen molar-refractivity contribution in [3.8, 4) is 0 Å². The van der Waals surface area contributed by atoms with Gasteiger partial charge >= 0.3 is 0 Å². The molecule has 0 aliphatic carbocycles. The highest BCUT2D eigenvalue weighted by atomic mass is 35.5. The number of imidazole rings is 1. The number of ether oxygens (including phenoxy) is 1. The molecule has 5 rings (SSSR count). The average Bonchev–Trinajstić information content (AvgIpc) is 3.42. The number of rotatable bonds is 10. The highest BCUT2D eigenvalue weighted by molar-refractivity contribution is 6.35. The molecule has 0 N–H and O–H groups in total. The number of benzene rings is 4. The fraction of sp³-hybridized carbons (Fsp3) is 0.156. The van der Waals surface area contributed by atoms with Crippen LogP contribution in [0.2, 0.25) is 25.1 Å². The van der Waals surface area contributed by atoms with Gasteiger partial charge in [-0.25, -0.2) is 9.13 Å². The number of hydrogen-bond acceptors (Lipinski definition) is 1. The predicted octanol–water partition coefficient (Wildman–Crippen LogP) is 7.38. The van der Waals surface area contributed by atoms with Crippen molar-refractivity contribution in [2.24, 2.45) is 0 Å². The summed E-state index contributed by atoms with van der Waals surface area (Å²) in [7, 11) is 0. The molecule has 1 unspecified atom stereocenters. The Hall–Kier alpha value is -1.92. The Bertz CT molecular complexity index is 1580. The van der Waals surface area contributed by atoms with E-state index >= 15 is 0 Å². The fourth-order valence-corrected chi connectivity index (χ4v) is 5.88. The molecule has 0 saturated carbocycles. The van der Waals surface area contributed by atoms with E-state index in [9.17, 15) is 0 Å². The van der Waals surface area contributed by atoms with Crippen LogP contribution in [0.1, 0.15) is 40.0 Å². The van der Waals surface area contributed by atoms with E-state index in [1.807, 2.05) is 85.2 Å². The number of aromatic nitrogens is 2. The van der Waals surface area contributed by atoms with Crippen LogP contribution in [-0.2, 0) is 23.8 Å². The minimum atomic E-state index is -0.371. The molecule has 0 saturated heterocycles. The second-order valence-corrected chi connectivity index (χ2v) is 12.0. The molecule has 3 nitrogen and oxygen atoms in total. The van der Waals surface area contributed by atoms with Gasteiger partial charge in [0.1, 0.15) is 25.0 Å². The van der Waals surface area contributed by atoms with Crippen LogP contribution >= 0.6 is 69.6 Å². The molecule has 218 valence electrons. The maximum Gasteiger partial charge on any atom is 0.244 e. The molecule has 1 aromatic heterocycles. The van der Waals surface area contributed by atoms with Crippen LogP contribution in [0.3, 0.4) is 0 Å². The van der Waals surface area contributed by atoms with E-state index in [0.717, 1.165) is 27.8 Å². The van der Waals surface area contributed by atoms with Crippen LogP contribution in [0.5, 0.6) is 0 Å². The number of nitrogens with zero attached hydrogens (tertiary/aromatic N) is 2. The molecule has 5 aromatic rings. The van der Waals surface area contributed by atoms with Crippen molar-refractivity contribution in [2.45, 2.75) is 31.2 Å². The molecular formula is C32H25Cl7N2O. The summed E-state index contributed by atoms with van der Waals surface area (Å²) in [6, 6.07) is 26.8. The molecule has 0 aliphatic rings. The van der Waals surface area contributed by atoms with Crippen molar-refractivity contribution in [1.82, 2.24) is 4.57 Å². The van der Waals surface area contributed by atoms with Gasteiger partial charge in [0.2, 0.25) is 6.33 Å². The second-order valence-electron chi connectivity index (χ2n) is 9.59. The van der Waals surface area contributed by atoms with Crippen molar-refractivity contribution < 1.29 is 21.7 Å². The van der Waals surface area contributed by atoms with Crippen LogP contribution in [0.4, 0.5) is 0 Å². The van der Waals surface area contributed by atoms with Crippen molar-refractivity contribution in [2.75, 3.05) is 0 Å². The first-order valence-corrected chi connectivity index (χ1v) is 15.2. The lowest BCUT2D eigenvalue weighted by molar-refractivity contribution is -0.705. The van der Waals surface area contributed by atoms with Gasteiger partial charge in [-0.15, -0.1) is 11.6 Å². The summed E-state index contributed by atoms with van der Waals surface area (Å²) in [5.74, 6) is 0.375. The molecule has 1 heterocycles. The Morgan fingerprint density at radius 3 is 1.90 bits per heavy atom. The largest absolute Gasteiger partial charge is 1.00 e. The van der Waals surface area contributed by atoms with Crippen molar-refractivity contribution in [3.63, 3.8) is 0 Å². The third-order valence-corrected chi connectivity index (χ3v) is 8.51. The van der Waals surface area contributed by atoms with E-state index in [4.69, 9.17) is 74.3 Å². The molecule has 1 atom stereocenters. The van der Waals surface area contributed by atoms with Gasteiger partial charge in [-0.1, -0.05) is 100 Å². The maximum atomic E-state index is 6.73. The Balaban J connectivity index is 0.00000405. The number of hydrogen-bond donors (Lipinski definition) is 0. The standard InChI is InChI=1S/C32H25Cl6N2O.ClH/c33-17-21-1-12-28(30(38)15-21)31(41-19-24-6-11-27(36)16-29(24)37)18-39-13-14-40(20-39)32(22-2-7-25(34)8-3-22)23-4-9-26(35)10-5-23;/h1-16,20,31-32H,17-19H2;1H/q+1;/p-1. The average molecular weight is 702 g/mol. The molecule has 10 heteroatoms. The van der Waals surface area contributed by atoms with Crippen molar-refractivity contribution in [1.29, 1.82) is 0 Å². The van der Waals surface area contributed by atoms with E-state index in [1.165, 1.54) is 0 Å². The Labute approximate surface area is 281 Å². The maximum absolute atomic E-state index is 6.73. The summed E-state index contributed by atoms with van der Waals surface area (Å²) in [5, 5.41) is 3.08. The molecule has 0 amide bonds. The summed E-state index contributed by atoms with van der Waals surface area (Å²) in [5.41, 5.74) is 4.81. The first kappa shape index (κ1) is 33.0. The summed E-state index contributed by atoms with van der Waals surface area (Å²) >= 11 is 37.7. The molecular weight excluding hydrogens is 677 g/mol. The lowest BCUT2D eigenvalue weighted by atomic mass is 9.98. The zero-order chi connectivity index (χ0) is 28.9. The zero-order valence-corrected chi connectivity index (χ0v) is 27.3. The SMILES string of the molecule is ClCc1ccc(C(C[n+]2ccn(C(c3ccc(Cl)cc3)c3ccc(Cl)cc3)c2)OCc2ccc(Cl)cc2Cl)c(Cl)c1.[Cl-]. The summed E-state index contributed by atoms with van der Waals surface area (Å²) in [4.78, 5) is 0. The van der Waals surface area contributed by atoms with Crippen LogP contribution in [-0.4, -0.2) is 4.57 Å². The molecule has 0 fully saturated rings. The normalized spacial score (nSPS) is 11.9. The van der Waals surface area contributed by atoms with E-state index in [-0.39, 0.29) is 31.2 Å². The minimum Gasteiger partial charge on any atom is -1.00 e. The van der Waals surface area contributed by atoms with E-state index < -0.39 is 0 Å². The monoisotopic (exact) mass is 698 g/mol. The van der Waals surface area contributed by atoms with Crippen LogP contribution in [0.15, 0.2) is 104 Å². The molecule has 42 heavy (non-hydrogen) atoms. The zero-order valence-electron chi connectivity index (χ0n) is 22.0. The Morgan fingerprint density at radius 2 is 1.33 bits per heavy atom. The van der Waals surface area contributed by atoms with Crippen molar-refractivity contribution in [3.05, 3.63) is 157 Å². The minimum absolute atomic E-state index is 0. The molecule has 4 aromatic carbocycles. The molecule has 0 radical (unpaired) electrons. The fourth-order valence-electron chi connectivity index (χ4n) is 4.67. The van der Waals surface area contributed by atoms with E-state index in [2.05, 4.69) is 15.5 Å². The van der Waals surface area contributed by atoms with Gasteiger partial charge in [-0.2, -0.15) is 0 Å². The highest BCUT2D eigenvalue weighted by Gasteiger charge is 2.25. The van der Waals surface area contributed by atoms with Gasteiger partial charge in [-0.05, 0) is 53.6 Å². The third kappa shape index (κ3) is 8.16. The molecule has 0 spiro atoms. The number of halogens is 7. The first-order valence-electron chi connectivity index (χ1n) is 12.8. The first-order chi connectivity index (χ1) is 19.8. The lowest BCUT2D eigenvalue weighted by Gasteiger charge is -2.19. The molecule has 0 aliphatic heterocycles. The summed E-state index contributed by atoms with van der Waals surface area (Å²) in [6.45, 7) is 0.791. The van der Waals surface area contributed by atoms with Gasteiger partial charge in [0.15, 0.2) is 6.04 Å². The summed E-state index contributed by atoms with van der Waals surface area (Å²) < 4.78 is 10.7.